The summed E-state index contributed by atoms with van der Waals surface area (Å²) < 4.78 is 26.5. The topological polar surface area (TPSA) is 83.5 Å². The molecule has 4 fully saturated rings. The summed E-state index contributed by atoms with van der Waals surface area (Å²) in [5.41, 5.74) is 5.29. The van der Waals surface area contributed by atoms with Crippen molar-refractivity contribution in [2.75, 3.05) is 12.3 Å². The molecular weight excluding hydrogens is 639 g/mol. The summed E-state index contributed by atoms with van der Waals surface area (Å²) >= 11 is 0. The summed E-state index contributed by atoms with van der Waals surface area (Å²) in [6, 6.07) is 8.92. The molecule has 0 radical (unpaired) electrons. The Hall–Kier alpha value is -2.44. The van der Waals surface area contributed by atoms with E-state index in [9.17, 15) is 18.3 Å². The molecule has 0 amide bonds. The molecule has 272 valence electrons. The first kappa shape index (κ1) is 35.9. The van der Waals surface area contributed by atoms with Crippen molar-refractivity contribution < 1.29 is 18.3 Å². The quantitative estimate of drug-likeness (QED) is 0.264. The Morgan fingerprint density at radius 3 is 2.30 bits per heavy atom. The molecule has 0 spiro atoms. The lowest BCUT2D eigenvalue weighted by atomic mass is 9.33. The van der Waals surface area contributed by atoms with E-state index in [1.807, 2.05) is 24.3 Å². The molecule has 0 aromatic heterocycles. The lowest BCUT2D eigenvalue weighted by Crippen LogP contribution is -2.68. The molecule has 0 heterocycles. The second-order valence-corrected chi connectivity index (χ2v) is 20.7. The predicted molar refractivity (Wildman–Crippen MR) is 202 cm³/mol. The van der Waals surface area contributed by atoms with Crippen LogP contribution < -0.4 is 5.32 Å². The fourth-order valence-electron chi connectivity index (χ4n) is 13.8. The van der Waals surface area contributed by atoms with Gasteiger partial charge in [0, 0.05) is 17.7 Å². The molecule has 6 aliphatic carbocycles. The monoisotopic (exact) mass is 699 g/mol. The van der Waals surface area contributed by atoms with Crippen LogP contribution in [0.3, 0.4) is 0 Å². The van der Waals surface area contributed by atoms with E-state index in [1.165, 1.54) is 48.8 Å². The number of fused-ring (bicyclic) bond motifs is 7. The van der Waals surface area contributed by atoms with Crippen LogP contribution in [0.2, 0.25) is 0 Å². The SMILES string of the molecule is C=C(C)[C@@H]1CC[C@]2(NCCS(=O)(=O)c3ccccc3)CC[C@]3(C)[C@H](CC[C@@H]4[C@@]5(C)CC=C(C6=CC=C(C(=O)O)CC6)C(C)(C)[C@@H]5CC[C@]43C)[C@@H]12. The van der Waals surface area contributed by atoms with Crippen LogP contribution in [0.15, 0.2) is 82.3 Å². The number of hydrogen-bond acceptors (Lipinski definition) is 4. The normalized spacial score (nSPS) is 40.6. The highest BCUT2D eigenvalue weighted by atomic mass is 32.2. The number of rotatable bonds is 8. The molecule has 0 unspecified atom stereocenters. The van der Waals surface area contributed by atoms with Crippen LogP contribution in [0.1, 0.15) is 112 Å². The lowest BCUT2D eigenvalue weighted by molar-refractivity contribution is -0.221. The average Bonchev–Trinajstić information content (AvgIpc) is 3.45. The van der Waals surface area contributed by atoms with Gasteiger partial charge in [0.25, 0.3) is 0 Å². The maximum atomic E-state index is 13.3. The highest BCUT2D eigenvalue weighted by molar-refractivity contribution is 7.91. The summed E-state index contributed by atoms with van der Waals surface area (Å²) in [7, 11) is -3.34. The van der Waals surface area contributed by atoms with E-state index >= 15 is 0 Å². The van der Waals surface area contributed by atoms with Crippen molar-refractivity contribution in [3.05, 3.63) is 77.4 Å². The van der Waals surface area contributed by atoms with Gasteiger partial charge in [-0.3, -0.25) is 0 Å². The van der Waals surface area contributed by atoms with Gasteiger partial charge in [0.2, 0.25) is 0 Å². The second kappa shape index (κ2) is 12.3. The lowest BCUT2D eigenvalue weighted by Gasteiger charge is -2.72. The predicted octanol–water partition coefficient (Wildman–Crippen LogP) is 9.73. The van der Waals surface area contributed by atoms with Crippen LogP contribution in [0.25, 0.3) is 0 Å². The summed E-state index contributed by atoms with van der Waals surface area (Å²) in [6.45, 7) is 20.2. The molecule has 6 heteroatoms. The number of carboxylic acid groups (broad SMARTS) is 1. The molecule has 50 heavy (non-hydrogen) atoms. The van der Waals surface area contributed by atoms with Crippen molar-refractivity contribution in [1.82, 2.24) is 5.32 Å². The van der Waals surface area contributed by atoms with Crippen LogP contribution in [0, 0.1) is 51.2 Å². The zero-order valence-corrected chi connectivity index (χ0v) is 32.3. The number of benzene rings is 1. The van der Waals surface area contributed by atoms with Gasteiger partial charge in [0.1, 0.15) is 0 Å². The Balaban J connectivity index is 1.16. The summed E-state index contributed by atoms with van der Waals surface area (Å²) in [5, 5.41) is 13.5. The fourth-order valence-corrected chi connectivity index (χ4v) is 15.0. The van der Waals surface area contributed by atoms with Crippen LogP contribution in [0.4, 0.5) is 0 Å². The third-order valence-electron chi connectivity index (χ3n) is 16.4. The van der Waals surface area contributed by atoms with Crippen molar-refractivity contribution >= 4 is 15.8 Å². The van der Waals surface area contributed by atoms with Gasteiger partial charge in [-0.25, -0.2) is 13.2 Å². The number of carboxylic acids is 1. The first-order valence-corrected chi connectivity index (χ1v) is 21.2. The zero-order chi connectivity index (χ0) is 35.9. The summed E-state index contributed by atoms with van der Waals surface area (Å²) in [6.07, 6.45) is 18.6. The van der Waals surface area contributed by atoms with Crippen molar-refractivity contribution in [3.8, 4) is 0 Å². The molecule has 2 N–H and O–H groups in total. The van der Waals surface area contributed by atoms with E-state index in [1.54, 1.807) is 12.1 Å². The van der Waals surface area contributed by atoms with Gasteiger partial charge in [-0.1, -0.05) is 83.2 Å². The summed E-state index contributed by atoms with van der Waals surface area (Å²) in [5.74, 6) is 2.12. The maximum Gasteiger partial charge on any atom is 0.331 e. The van der Waals surface area contributed by atoms with E-state index in [0.717, 1.165) is 32.1 Å². The number of aliphatic carboxylic acids is 1. The van der Waals surface area contributed by atoms with Crippen molar-refractivity contribution in [3.63, 3.8) is 0 Å². The highest BCUT2D eigenvalue weighted by Gasteiger charge is 2.70. The molecule has 4 saturated carbocycles. The number of nitrogens with one attached hydrogen (secondary N) is 1. The molecule has 1 aromatic rings. The Morgan fingerprint density at radius 2 is 1.64 bits per heavy atom. The average molecular weight is 700 g/mol. The second-order valence-electron chi connectivity index (χ2n) is 18.6. The highest BCUT2D eigenvalue weighted by Crippen LogP contribution is 2.76. The number of allylic oxidation sites excluding steroid dienone is 6. The maximum absolute atomic E-state index is 13.3. The molecule has 0 bridgehead atoms. The van der Waals surface area contributed by atoms with E-state index in [0.29, 0.717) is 53.0 Å². The molecule has 6 aliphatic rings. The van der Waals surface area contributed by atoms with Crippen molar-refractivity contribution in [2.45, 2.75) is 123 Å². The minimum absolute atomic E-state index is 0.0303. The molecule has 9 atom stereocenters. The number of hydrogen-bond donors (Lipinski definition) is 2. The zero-order valence-electron chi connectivity index (χ0n) is 31.5. The Bertz CT molecular complexity index is 1750. The molecular formula is C44H61NO4S. The van der Waals surface area contributed by atoms with E-state index in [2.05, 4.69) is 65.6 Å². The van der Waals surface area contributed by atoms with Gasteiger partial charge in [-0.2, -0.15) is 0 Å². The third-order valence-corrected chi connectivity index (χ3v) is 18.1. The molecule has 0 aliphatic heterocycles. The molecule has 0 saturated heterocycles. The van der Waals surface area contributed by atoms with Gasteiger partial charge in [-0.15, -0.1) is 0 Å². The Kier molecular flexibility index (Phi) is 8.86. The Morgan fingerprint density at radius 1 is 0.900 bits per heavy atom. The summed E-state index contributed by atoms with van der Waals surface area (Å²) in [4.78, 5) is 12.0. The van der Waals surface area contributed by atoms with Gasteiger partial charge in [0.05, 0.1) is 10.6 Å². The van der Waals surface area contributed by atoms with Crippen LogP contribution in [-0.2, 0) is 14.6 Å². The fraction of sp³-hybridized carbons (Fsp3) is 0.659. The van der Waals surface area contributed by atoms with Crippen molar-refractivity contribution in [2.24, 2.45) is 51.2 Å². The van der Waals surface area contributed by atoms with Crippen molar-refractivity contribution in [1.29, 1.82) is 0 Å². The molecule has 7 rings (SSSR count). The third kappa shape index (κ3) is 5.31. The van der Waals surface area contributed by atoms with Crippen LogP contribution in [-0.4, -0.2) is 37.3 Å². The first-order chi connectivity index (χ1) is 23.5. The smallest absolute Gasteiger partial charge is 0.331 e. The number of carbonyl (C=O) groups is 1. The number of sulfone groups is 1. The van der Waals surface area contributed by atoms with Crippen LogP contribution in [0.5, 0.6) is 0 Å². The van der Waals surface area contributed by atoms with Gasteiger partial charge >= 0.3 is 5.97 Å². The Labute approximate surface area is 302 Å². The van der Waals surface area contributed by atoms with Crippen LogP contribution >= 0.6 is 0 Å². The molecule has 5 nitrogen and oxygen atoms in total. The van der Waals surface area contributed by atoms with E-state index in [4.69, 9.17) is 0 Å². The largest absolute Gasteiger partial charge is 0.478 e. The van der Waals surface area contributed by atoms with Gasteiger partial charge < -0.3 is 10.4 Å². The standard InChI is InChI=1S/C44H61NO4S/c1-29(2)33-19-24-44(45-27-28-50(48,49)32-11-9-8-10-12-32)26-25-42(6)35(38(33)44)17-18-37-41(5)22-20-34(30-13-15-31(16-14-30)39(46)47)40(3,4)36(41)21-23-43(37,42)7/h8-13,15,20,33,35-38,45H,1,14,16-19,21-28H2,2-7H3,(H,46,47)/t33-,35+,36-,37+,38+,41-,42+,43+,44-/m0/s1. The minimum Gasteiger partial charge on any atom is -0.478 e. The van der Waals surface area contributed by atoms with Gasteiger partial charge in [-0.05, 0) is 152 Å². The molecule has 1 aromatic carbocycles. The van der Waals surface area contributed by atoms with E-state index < -0.39 is 15.8 Å². The van der Waals surface area contributed by atoms with E-state index in [-0.39, 0.29) is 33.0 Å². The minimum atomic E-state index is -3.34. The van der Waals surface area contributed by atoms with Gasteiger partial charge in [0.15, 0.2) is 9.84 Å². The first-order valence-electron chi connectivity index (χ1n) is 19.5.